The number of thiophene rings is 1. The van der Waals surface area contributed by atoms with Crippen molar-refractivity contribution in [1.82, 2.24) is 40.1 Å². The van der Waals surface area contributed by atoms with E-state index < -0.39 is 0 Å². The van der Waals surface area contributed by atoms with E-state index in [1.54, 1.807) is 20.4 Å². The highest BCUT2D eigenvalue weighted by molar-refractivity contribution is 7.19. The second-order valence-electron chi connectivity index (χ2n) is 5.34. The van der Waals surface area contributed by atoms with Crippen LogP contribution in [0.3, 0.4) is 0 Å². The van der Waals surface area contributed by atoms with Crippen molar-refractivity contribution < 1.29 is 0 Å². The van der Waals surface area contributed by atoms with Gasteiger partial charge in [-0.2, -0.15) is 9.03 Å². The average Bonchev–Trinajstić information content (AvgIpc) is 3.14. The fourth-order valence-corrected chi connectivity index (χ4v) is 4.49. The van der Waals surface area contributed by atoms with E-state index in [1.165, 1.54) is 16.9 Å². The van der Waals surface area contributed by atoms with Crippen molar-refractivity contribution in [3.05, 3.63) is 10.4 Å². The van der Waals surface area contributed by atoms with Crippen molar-refractivity contribution in [2.45, 2.75) is 26.2 Å². The lowest BCUT2D eigenvalue weighted by Crippen LogP contribution is -2.08. The third-order valence-electron chi connectivity index (χ3n) is 4.02. The minimum Gasteiger partial charge on any atom is -0.166 e. The predicted molar refractivity (Wildman–Crippen MR) is 71.7 cm³/mol. The molecule has 0 saturated heterocycles. The second-order valence-corrected chi connectivity index (χ2v) is 6.42. The van der Waals surface area contributed by atoms with Gasteiger partial charge in [0.2, 0.25) is 0 Å². The van der Waals surface area contributed by atoms with Crippen LogP contribution in [0.1, 0.15) is 23.8 Å². The Labute approximate surface area is 116 Å². The van der Waals surface area contributed by atoms with Crippen LogP contribution in [0.25, 0.3) is 21.6 Å². The number of aryl methyl sites for hydroxylation is 1. The summed E-state index contributed by atoms with van der Waals surface area (Å²) in [5, 5.41) is 24.9. The lowest BCUT2D eigenvalue weighted by atomic mass is 9.89. The molecule has 4 aromatic heterocycles. The van der Waals surface area contributed by atoms with Crippen LogP contribution in [-0.2, 0) is 12.8 Å². The van der Waals surface area contributed by atoms with Crippen molar-refractivity contribution in [3.8, 4) is 0 Å². The molecule has 1 aliphatic carbocycles. The van der Waals surface area contributed by atoms with Crippen molar-refractivity contribution in [2.75, 3.05) is 0 Å². The van der Waals surface area contributed by atoms with Crippen molar-refractivity contribution >= 4 is 33.0 Å². The van der Waals surface area contributed by atoms with E-state index in [1.807, 2.05) is 0 Å². The number of rotatable bonds is 0. The van der Waals surface area contributed by atoms with Gasteiger partial charge in [-0.1, -0.05) is 12.0 Å². The summed E-state index contributed by atoms with van der Waals surface area (Å²) in [6.45, 7) is 2.30. The van der Waals surface area contributed by atoms with Crippen molar-refractivity contribution in [2.24, 2.45) is 5.92 Å². The van der Waals surface area contributed by atoms with Gasteiger partial charge < -0.3 is 0 Å². The molecule has 100 valence electrons. The second kappa shape index (κ2) is 3.48. The minimum atomic E-state index is 0.559. The van der Waals surface area contributed by atoms with Crippen LogP contribution >= 0.6 is 11.3 Å². The molecule has 0 spiro atoms. The molecule has 1 aliphatic rings. The first-order chi connectivity index (χ1) is 9.83. The molecule has 4 aromatic rings. The van der Waals surface area contributed by atoms with Gasteiger partial charge in [0, 0.05) is 4.88 Å². The summed E-state index contributed by atoms with van der Waals surface area (Å²) in [6, 6.07) is 0. The number of tetrazole rings is 2. The van der Waals surface area contributed by atoms with Gasteiger partial charge >= 0.3 is 0 Å². The first kappa shape index (κ1) is 10.6. The van der Waals surface area contributed by atoms with Gasteiger partial charge in [0.25, 0.3) is 5.78 Å². The highest BCUT2D eigenvalue weighted by atomic mass is 32.1. The molecule has 1 atom stereocenters. The lowest BCUT2D eigenvalue weighted by molar-refractivity contribution is 0.509. The van der Waals surface area contributed by atoms with Gasteiger partial charge in [-0.05, 0) is 51.6 Å². The topological polar surface area (TPSA) is 86.2 Å². The molecule has 5 rings (SSSR count). The molecule has 0 aliphatic heterocycles. The largest absolute Gasteiger partial charge is 0.279 e. The van der Waals surface area contributed by atoms with E-state index in [4.69, 9.17) is 0 Å². The zero-order valence-electron chi connectivity index (χ0n) is 10.7. The lowest BCUT2D eigenvalue weighted by Gasteiger charge is -2.17. The van der Waals surface area contributed by atoms with Crippen LogP contribution in [0.5, 0.6) is 0 Å². The summed E-state index contributed by atoms with van der Waals surface area (Å²) in [4.78, 5) is 2.47. The van der Waals surface area contributed by atoms with Crippen LogP contribution in [0, 0.1) is 5.92 Å². The molecule has 20 heavy (non-hydrogen) atoms. The minimum absolute atomic E-state index is 0.559. The third kappa shape index (κ3) is 1.16. The molecule has 0 saturated carbocycles. The zero-order chi connectivity index (χ0) is 13.3. The molecule has 0 radical (unpaired) electrons. The van der Waals surface area contributed by atoms with Crippen LogP contribution in [0.4, 0.5) is 0 Å². The average molecular weight is 286 g/mol. The summed E-state index contributed by atoms with van der Waals surface area (Å²) >= 11 is 1.77. The van der Waals surface area contributed by atoms with Gasteiger partial charge in [0.15, 0.2) is 5.65 Å². The summed E-state index contributed by atoms with van der Waals surface area (Å²) < 4.78 is 3.36. The Morgan fingerprint density at radius 2 is 2.00 bits per heavy atom. The summed E-state index contributed by atoms with van der Waals surface area (Å²) in [5.74, 6) is 1.29. The van der Waals surface area contributed by atoms with E-state index >= 15 is 0 Å². The van der Waals surface area contributed by atoms with E-state index in [2.05, 4.69) is 38.0 Å². The summed E-state index contributed by atoms with van der Waals surface area (Å²) in [6.07, 6.45) is 3.40. The molecule has 4 heterocycles. The molecule has 0 N–H and O–H groups in total. The zero-order valence-corrected chi connectivity index (χ0v) is 11.5. The van der Waals surface area contributed by atoms with Crippen molar-refractivity contribution in [3.63, 3.8) is 0 Å². The van der Waals surface area contributed by atoms with Crippen LogP contribution in [0.15, 0.2) is 0 Å². The Hall–Kier alpha value is -2.16. The summed E-state index contributed by atoms with van der Waals surface area (Å²) in [7, 11) is 0. The molecule has 8 nitrogen and oxygen atoms in total. The number of hydrogen-bond donors (Lipinski definition) is 0. The fraction of sp³-hybridized carbons (Fsp3) is 0.455. The van der Waals surface area contributed by atoms with Gasteiger partial charge in [0.05, 0.1) is 5.39 Å². The standard InChI is InChI=1S/C11H10N8S/c1-5-2-3-6-7(4-5)20-10-8(6)9-12-14-16-18(9)11-13-15-17-19(10)11/h5H,2-4H2,1H3. The molecule has 0 amide bonds. The Morgan fingerprint density at radius 1 is 1.15 bits per heavy atom. The predicted octanol–water partition coefficient (Wildman–Crippen LogP) is 0.901. The van der Waals surface area contributed by atoms with Crippen molar-refractivity contribution in [1.29, 1.82) is 0 Å². The molecular weight excluding hydrogens is 276 g/mol. The SMILES string of the molecule is CC1CCc2c(sc3c2c2nnnn2c2nnnn32)C1. The molecule has 0 aromatic carbocycles. The van der Waals surface area contributed by atoms with E-state index in [-0.39, 0.29) is 0 Å². The Balaban J connectivity index is 2.05. The van der Waals surface area contributed by atoms with Gasteiger partial charge in [-0.3, -0.25) is 0 Å². The number of nitrogens with zero attached hydrogens (tertiary/aromatic N) is 8. The van der Waals surface area contributed by atoms with E-state index in [0.29, 0.717) is 5.78 Å². The number of hydrogen-bond acceptors (Lipinski definition) is 7. The maximum atomic E-state index is 4.18. The van der Waals surface area contributed by atoms with E-state index in [0.717, 1.165) is 34.6 Å². The quantitative estimate of drug-likeness (QED) is 0.477. The Bertz CT molecular complexity index is 963. The molecule has 0 fully saturated rings. The first-order valence-electron chi connectivity index (χ1n) is 6.55. The Morgan fingerprint density at radius 3 is 2.95 bits per heavy atom. The molecular formula is C11H10N8S. The highest BCUT2D eigenvalue weighted by Crippen LogP contribution is 2.39. The van der Waals surface area contributed by atoms with Crippen LogP contribution in [0.2, 0.25) is 0 Å². The van der Waals surface area contributed by atoms with Gasteiger partial charge in [-0.25, -0.2) is 0 Å². The monoisotopic (exact) mass is 286 g/mol. The first-order valence-corrected chi connectivity index (χ1v) is 7.37. The number of aromatic nitrogens is 8. The smallest absolute Gasteiger partial charge is 0.166 e. The molecule has 0 bridgehead atoms. The molecule has 1 unspecified atom stereocenters. The highest BCUT2D eigenvalue weighted by Gasteiger charge is 2.25. The van der Waals surface area contributed by atoms with Crippen LogP contribution < -0.4 is 0 Å². The number of fused-ring (bicyclic) bond motifs is 8. The normalized spacial score (nSPS) is 19.1. The molecule has 9 heteroatoms. The Kier molecular flexibility index (Phi) is 1.85. The maximum absolute atomic E-state index is 4.18. The maximum Gasteiger partial charge on any atom is 0.279 e. The fourth-order valence-electron chi connectivity index (χ4n) is 3.04. The van der Waals surface area contributed by atoms with Gasteiger partial charge in [-0.15, -0.1) is 16.4 Å². The third-order valence-corrected chi connectivity index (χ3v) is 5.25. The summed E-state index contributed by atoms with van der Waals surface area (Å²) in [5.41, 5.74) is 2.13. The van der Waals surface area contributed by atoms with Crippen LogP contribution in [-0.4, -0.2) is 40.1 Å². The van der Waals surface area contributed by atoms with E-state index in [9.17, 15) is 0 Å². The van der Waals surface area contributed by atoms with Gasteiger partial charge in [0.1, 0.15) is 4.83 Å².